The first-order chi connectivity index (χ1) is 9.74. The van der Waals surface area contributed by atoms with Crippen molar-refractivity contribution in [2.24, 2.45) is 7.05 Å². The molecule has 0 unspecified atom stereocenters. The van der Waals surface area contributed by atoms with E-state index in [4.69, 9.17) is 4.98 Å². The molecular weight excluding hydrogens is 286 g/mol. The van der Waals surface area contributed by atoms with Gasteiger partial charge in [-0.25, -0.2) is 9.97 Å². The second-order valence-corrected chi connectivity index (χ2v) is 6.37. The van der Waals surface area contributed by atoms with E-state index < -0.39 is 0 Å². The van der Waals surface area contributed by atoms with Crippen LogP contribution in [0.25, 0.3) is 10.6 Å². The molecule has 0 saturated carbocycles. The minimum atomic E-state index is 0.854. The van der Waals surface area contributed by atoms with Crippen molar-refractivity contribution in [1.29, 1.82) is 0 Å². The van der Waals surface area contributed by atoms with Gasteiger partial charge in [0.2, 0.25) is 0 Å². The van der Waals surface area contributed by atoms with Crippen molar-refractivity contribution in [2.75, 3.05) is 0 Å². The summed E-state index contributed by atoms with van der Waals surface area (Å²) < 4.78 is 2.03. The molecular formula is C15H15N3S2. The molecule has 1 aromatic carbocycles. The van der Waals surface area contributed by atoms with Gasteiger partial charge in [0, 0.05) is 36.1 Å². The lowest BCUT2D eigenvalue weighted by Gasteiger charge is -2.01. The highest BCUT2D eigenvalue weighted by Crippen LogP contribution is 2.29. The van der Waals surface area contributed by atoms with Crippen molar-refractivity contribution in [3.05, 3.63) is 53.3 Å². The minimum Gasteiger partial charge on any atom is -0.329 e. The van der Waals surface area contributed by atoms with Crippen molar-refractivity contribution in [3.63, 3.8) is 0 Å². The first-order valence-corrected chi connectivity index (χ1v) is 8.21. The number of hydrogen-bond donors (Lipinski definition) is 0. The minimum absolute atomic E-state index is 0.854. The Kier molecular flexibility index (Phi) is 3.89. The topological polar surface area (TPSA) is 30.7 Å². The molecule has 0 atom stereocenters. The zero-order chi connectivity index (χ0) is 13.9. The first kappa shape index (κ1) is 13.4. The summed E-state index contributed by atoms with van der Waals surface area (Å²) in [5.41, 5.74) is 3.61. The molecule has 2 aromatic heterocycles. The highest BCUT2D eigenvalue weighted by molar-refractivity contribution is 7.98. The van der Waals surface area contributed by atoms with Crippen LogP contribution in [-0.4, -0.2) is 14.5 Å². The predicted molar refractivity (Wildman–Crippen MR) is 85.1 cm³/mol. The second-order valence-electron chi connectivity index (χ2n) is 4.57. The molecule has 3 rings (SSSR count). The predicted octanol–water partition coefficient (Wildman–Crippen LogP) is 4.14. The van der Waals surface area contributed by atoms with Crippen molar-refractivity contribution >= 4 is 23.1 Å². The fourth-order valence-electron chi connectivity index (χ4n) is 1.94. The van der Waals surface area contributed by atoms with E-state index in [0.29, 0.717) is 0 Å². The molecule has 3 nitrogen and oxygen atoms in total. The third-order valence-corrected chi connectivity index (χ3v) is 5.07. The highest BCUT2D eigenvalue weighted by atomic mass is 32.2. The molecule has 0 saturated heterocycles. The Morgan fingerprint density at radius 1 is 1.30 bits per heavy atom. The second kappa shape index (κ2) is 5.81. The van der Waals surface area contributed by atoms with E-state index >= 15 is 0 Å². The third kappa shape index (κ3) is 2.78. The van der Waals surface area contributed by atoms with Crippen LogP contribution in [0.1, 0.15) is 11.3 Å². The van der Waals surface area contributed by atoms with Crippen molar-refractivity contribution in [3.8, 4) is 10.6 Å². The number of imidazole rings is 1. The number of benzene rings is 1. The molecule has 2 heterocycles. The molecule has 0 aliphatic heterocycles. The maximum atomic E-state index is 4.73. The quantitative estimate of drug-likeness (QED) is 0.678. The van der Waals surface area contributed by atoms with Crippen LogP contribution in [-0.2, 0) is 12.8 Å². The van der Waals surface area contributed by atoms with Gasteiger partial charge in [0.25, 0.3) is 0 Å². The maximum absolute atomic E-state index is 4.73. The SMILES string of the molecule is Cc1ccccc1-c1nc(CSc2nccn2C)cs1. The zero-order valence-electron chi connectivity index (χ0n) is 11.4. The number of thioether (sulfide) groups is 1. The van der Waals surface area contributed by atoms with Gasteiger partial charge in [-0.15, -0.1) is 11.3 Å². The smallest absolute Gasteiger partial charge is 0.168 e. The Morgan fingerprint density at radius 2 is 2.15 bits per heavy atom. The molecule has 0 fully saturated rings. The van der Waals surface area contributed by atoms with Crippen LogP contribution in [0.3, 0.4) is 0 Å². The van der Waals surface area contributed by atoms with E-state index in [1.165, 1.54) is 11.1 Å². The van der Waals surface area contributed by atoms with E-state index in [1.54, 1.807) is 23.1 Å². The number of aromatic nitrogens is 3. The summed E-state index contributed by atoms with van der Waals surface area (Å²) in [6.45, 7) is 2.12. The molecule has 3 aromatic rings. The van der Waals surface area contributed by atoms with E-state index in [9.17, 15) is 0 Å². The van der Waals surface area contributed by atoms with Crippen molar-refractivity contribution < 1.29 is 0 Å². The van der Waals surface area contributed by atoms with E-state index in [-0.39, 0.29) is 0 Å². The number of hydrogen-bond acceptors (Lipinski definition) is 4. The van der Waals surface area contributed by atoms with Gasteiger partial charge < -0.3 is 4.57 Å². The van der Waals surface area contributed by atoms with Crippen LogP contribution in [0, 0.1) is 6.92 Å². The summed E-state index contributed by atoms with van der Waals surface area (Å²) in [4.78, 5) is 9.04. The van der Waals surface area contributed by atoms with E-state index in [1.807, 2.05) is 24.0 Å². The van der Waals surface area contributed by atoms with Crippen molar-refractivity contribution in [2.45, 2.75) is 17.8 Å². The maximum Gasteiger partial charge on any atom is 0.168 e. The van der Waals surface area contributed by atoms with Crippen molar-refractivity contribution in [1.82, 2.24) is 14.5 Å². The molecule has 102 valence electrons. The van der Waals surface area contributed by atoms with Gasteiger partial charge in [0.15, 0.2) is 5.16 Å². The lowest BCUT2D eigenvalue weighted by molar-refractivity contribution is 0.789. The lowest BCUT2D eigenvalue weighted by Crippen LogP contribution is -1.90. The van der Waals surface area contributed by atoms with Crippen LogP contribution >= 0.6 is 23.1 Å². The zero-order valence-corrected chi connectivity index (χ0v) is 13.0. The largest absolute Gasteiger partial charge is 0.329 e. The lowest BCUT2D eigenvalue weighted by atomic mass is 10.1. The number of nitrogens with zero attached hydrogens (tertiary/aromatic N) is 3. The van der Waals surface area contributed by atoms with Gasteiger partial charge in [0.1, 0.15) is 5.01 Å². The summed E-state index contributed by atoms with van der Waals surface area (Å²) in [5, 5.41) is 4.26. The average molecular weight is 301 g/mol. The number of thiazole rings is 1. The molecule has 0 N–H and O–H groups in total. The van der Waals surface area contributed by atoms with Gasteiger partial charge in [0.05, 0.1) is 5.69 Å². The van der Waals surface area contributed by atoms with Crippen LogP contribution in [0.4, 0.5) is 0 Å². The van der Waals surface area contributed by atoms with Gasteiger partial charge in [-0.2, -0.15) is 0 Å². The summed E-state index contributed by atoms with van der Waals surface area (Å²) in [6.07, 6.45) is 3.78. The van der Waals surface area contributed by atoms with E-state index in [2.05, 4.69) is 41.6 Å². The fourth-order valence-corrected chi connectivity index (χ4v) is 3.78. The molecule has 0 spiro atoms. The van der Waals surface area contributed by atoms with Crippen LogP contribution in [0.2, 0.25) is 0 Å². The number of aryl methyl sites for hydroxylation is 2. The van der Waals surface area contributed by atoms with Crippen LogP contribution < -0.4 is 0 Å². The number of rotatable bonds is 4. The molecule has 0 aliphatic rings. The van der Waals surface area contributed by atoms with Crippen LogP contribution in [0.5, 0.6) is 0 Å². The normalized spacial score (nSPS) is 10.9. The Morgan fingerprint density at radius 3 is 2.90 bits per heavy atom. The first-order valence-electron chi connectivity index (χ1n) is 6.34. The molecule has 5 heteroatoms. The van der Waals surface area contributed by atoms with Gasteiger partial charge in [-0.1, -0.05) is 36.0 Å². The molecule has 0 radical (unpaired) electrons. The Bertz CT molecular complexity index is 715. The van der Waals surface area contributed by atoms with Crippen LogP contribution in [0.15, 0.2) is 47.2 Å². The third-order valence-electron chi connectivity index (χ3n) is 3.05. The monoisotopic (exact) mass is 301 g/mol. The van der Waals surface area contributed by atoms with Gasteiger partial charge >= 0.3 is 0 Å². The van der Waals surface area contributed by atoms with E-state index in [0.717, 1.165) is 21.6 Å². The molecule has 0 amide bonds. The molecule has 0 bridgehead atoms. The standard InChI is InChI=1S/C15H15N3S2/c1-11-5-3-4-6-13(11)14-17-12(9-19-14)10-20-15-16-7-8-18(15)2/h3-9H,10H2,1-2H3. The molecule has 20 heavy (non-hydrogen) atoms. The summed E-state index contributed by atoms with van der Waals surface area (Å²) in [7, 11) is 2.01. The Balaban J connectivity index is 1.74. The molecule has 0 aliphatic carbocycles. The Hall–Kier alpha value is -1.59. The highest BCUT2D eigenvalue weighted by Gasteiger charge is 2.08. The Labute approximate surface area is 126 Å². The fraction of sp³-hybridized carbons (Fsp3) is 0.200. The van der Waals surface area contributed by atoms with Gasteiger partial charge in [-0.05, 0) is 12.5 Å². The average Bonchev–Trinajstić information content (AvgIpc) is 3.06. The summed E-state index contributed by atoms with van der Waals surface area (Å²) in [6, 6.07) is 8.37. The summed E-state index contributed by atoms with van der Waals surface area (Å²) >= 11 is 3.42. The summed E-state index contributed by atoms with van der Waals surface area (Å²) in [5.74, 6) is 0.854. The van der Waals surface area contributed by atoms with Gasteiger partial charge in [-0.3, -0.25) is 0 Å².